The lowest BCUT2D eigenvalue weighted by Gasteiger charge is -2.15. The summed E-state index contributed by atoms with van der Waals surface area (Å²) in [6, 6.07) is -35.7. The maximum Gasteiger partial charge on any atom is 0.0782 e. The summed E-state index contributed by atoms with van der Waals surface area (Å²) in [7, 11) is 0. The molecule has 3 aromatic heterocycles. The van der Waals surface area contributed by atoms with Crippen molar-refractivity contribution in [3.63, 3.8) is 0 Å². The van der Waals surface area contributed by atoms with Crippen LogP contribution in [0.1, 0.15) is 48.0 Å². The molecule has 0 saturated heterocycles. The summed E-state index contributed by atoms with van der Waals surface area (Å²) in [5.41, 5.74) is -11.1. The van der Waals surface area contributed by atoms with Gasteiger partial charge in [-0.25, -0.2) is 0 Å². The van der Waals surface area contributed by atoms with Crippen molar-refractivity contribution in [3.8, 4) is 39.3 Å². The Morgan fingerprint density at radius 3 is 1.25 bits per heavy atom. The van der Waals surface area contributed by atoms with Crippen LogP contribution in [0.3, 0.4) is 0 Å². The molecular weight excluding hydrogens is 691 g/mol. The predicted octanol–water partition coefficient (Wildman–Crippen LogP) is 14.3. The fourth-order valence-electron chi connectivity index (χ4n) is 6.90. The third kappa shape index (κ3) is 4.79. The molecule has 0 spiro atoms. The normalized spacial score (nSPS) is 20.5. The highest BCUT2D eigenvalue weighted by Crippen LogP contribution is 2.41. The average molecular weight is 761 g/mol. The van der Waals surface area contributed by atoms with Crippen molar-refractivity contribution >= 4 is 65.4 Å². The molecule has 0 unspecified atom stereocenters. The minimum absolute atomic E-state index is 0.553. The number of hydrogen-bond donors (Lipinski definition) is 0. The molecule has 57 heavy (non-hydrogen) atoms. The topological polar surface area (TPSA) is 14.8 Å². The summed E-state index contributed by atoms with van der Waals surface area (Å²) in [5, 5.41) is -3.99. The molecule has 0 bridgehead atoms. The Morgan fingerprint density at radius 1 is 0.263 bits per heavy atom. The number of hydrogen-bond acceptors (Lipinski definition) is 0. The van der Waals surface area contributed by atoms with E-state index in [9.17, 15) is 24.7 Å². The highest BCUT2D eigenvalue weighted by molar-refractivity contribution is 6.16. The molecule has 0 saturated carbocycles. The standard InChI is InChI=1S/C54H35N3/c1-2-13-36(14-3-1)37-25-27-38(28-26-37)39-29-31-40(32-30-39)56-50-22-10-7-18-45(50)47-19-12-24-52(54(47)56)57-51-23-11-6-17-44(51)46-34-33-41(35-53(46)57)55-48-20-8-4-15-42(48)43-16-5-9-21-49(43)55/h1-35H/i1D,2D,3D,4D,5D,6D,7D,8D,9D,10D,11D,12D,13D,14D,15D,16D,17D,18D,19D,20D,21D,22D,23D,24D,25D,26D,27D,28D,29D,30D,31D,32D,33D,34D,35D. The smallest absolute Gasteiger partial charge is 0.0782 e. The van der Waals surface area contributed by atoms with E-state index in [4.69, 9.17) is 23.3 Å². The monoisotopic (exact) mass is 761 g/mol. The third-order valence-corrected chi connectivity index (χ3v) is 9.28. The zero-order chi connectivity index (χ0) is 67.9. The SMILES string of the molecule is [2H]c1c([2H])c([2H])c(-c2c([2H])c([2H])c(-c3c([2H])c([2H])c(-n4c5c([2H])c([2H])c([2H])c([2H])c5c5c([2H])c([2H])c([2H])c(-n6c7c([2H])c([2H])c([2H])c([2H])c7c7c([2H])c([2H])c(-n8c9c([2H])c([2H])c([2H])c([2H])c9c9c([2H])c([2H])c([2H])c([2H])c98)c([2H])c76)c54)c([2H])c3[2H])c([2H])c2[2H])c([2H])c1[2H]. The van der Waals surface area contributed by atoms with Gasteiger partial charge in [-0.1, -0.05) is 157 Å². The Labute approximate surface area is 378 Å². The van der Waals surface area contributed by atoms with Crippen molar-refractivity contribution < 1.29 is 48.0 Å². The summed E-state index contributed by atoms with van der Waals surface area (Å²) in [6.45, 7) is 0. The summed E-state index contributed by atoms with van der Waals surface area (Å²) < 4.78 is 322. The lowest BCUT2D eigenvalue weighted by molar-refractivity contribution is 1.12. The highest BCUT2D eigenvalue weighted by Gasteiger charge is 2.21. The van der Waals surface area contributed by atoms with Gasteiger partial charge in [-0.3, -0.25) is 0 Å². The number of benzene rings is 9. The van der Waals surface area contributed by atoms with Gasteiger partial charge in [0.2, 0.25) is 0 Å². The molecule has 12 aromatic rings. The van der Waals surface area contributed by atoms with E-state index in [0.29, 0.717) is 13.7 Å². The number of nitrogens with zero attached hydrogens (tertiary/aromatic N) is 3. The van der Waals surface area contributed by atoms with Gasteiger partial charge in [0, 0.05) is 43.7 Å². The van der Waals surface area contributed by atoms with Crippen LogP contribution in [0.15, 0.2) is 211 Å². The Bertz CT molecular complexity index is 5420. The molecule has 0 aliphatic rings. The van der Waals surface area contributed by atoms with Crippen molar-refractivity contribution in [3.05, 3.63) is 211 Å². The van der Waals surface area contributed by atoms with Gasteiger partial charge >= 0.3 is 0 Å². The Kier molecular flexibility index (Phi) is 2.78. The molecule has 9 aromatic carbocycles. The Morgan fingerprint density at radius 2 is 0.667 bits per heavy atom. The number of aromatic nitrogens is 3. The molecule has 0 N–H and O–H groups in total. The Hall–Kier alpha value is -7.62. The highest BCUT2D eigenvalue weighted by atomic mass is 15.1. The second kappa shape index (κ2) is 12.5. The van der Waals surface area contributed by atoms with Gasteiger partial charge in [0.05, 0.1) is 86.8 Å². The van der Waals surface area contributed by atoms with E-state index in [0.717, 1.165) is 0 Å². The summed E-state index contributed by atoms with van der Waals surface area (Å²) >= 11 is 0. The molecule has 3 heterocycles. The van der Waals surface area contributed by atoms with Crippen LogP contribution in [0.5, 0.6) is 0 Å². The molecule has 3 heteroatoms. The van der Waals surface area contributed by atoms with Crippen LogP contribution in [0.25, 0.3) is 105 Å². The summed E-state index contributed by atoms with van der Waals surface area (Å²) in [4.78, 5) is 0. The van der Waals surface area contributed by atoms with E-state index >= 15 is 0 Å². The summed E-state index contributed by atoms with van der Waals surface area (Å²) in [6.07, 6.45) is 0. The zero-order valence-corrected chi connectivity index (χ0v) is 28.3. The van der Waals surface area contributed by atoms with E-state index in [-0.39, 0.29) is 0 Å². The Balaban J connectivity index is 1.32. The van der Waals surface area contributed by atoms with Crippen molar-refractivity contribution in [1.82, 2.24) is 13.7 Å². The first kappa shape index (κ1) is 12.7. The van der Waals surface area contributed by atoms with Crippen LogP contribution >= 0.6 is 0 Å². The molecule has 0 atom stereocenters. The molecule has 0 aliphatic carbocycles. The van der Waals surface area contributed by atoms with Crippen LogP contribution < -0.4 is 0 Å². The van der Waals surface area contributed by atoms with E-state index in [2.05, 4.69) is 0 Å². The first-order valence-electron chi connectivity index (χ1n) is 34.3. The van der Waals surface area contributed by atoms with Gasteiger partial charge < -0.3 is 13.7 Å². The molecule has 0 radical (unpaired) electrons. The lowest BCUT2D eigenvalue weighted by atomic mass is 10.0. The molecule has 0 amide bonds. The molecule has 266 valence electrons. The molecule has 0 fully saturated rings. The van der Waals surface area contributed by atoms with Crippen LogP contribution in [-0.4, -0.2) is 13.7 Å². The molecule has 12 rings (SSSR count). The third-order valence-electron chi connectivity index (χ3n) is 9.28. The number of rotatable bonds is 5. The van der Waals surface area contributed by atoms with Crippen molar-refractivity contribution in [1.29, 1.82) is 0 Å². The molecular formula is C54H35N3. The minimum atomic E-state index is -1.24. The van der Waals surface area contributed by atoms with E-state index in [1.165, 1.54) is 0 Å². The molecule has 3 nitrogen and oxygen atoms in total. The van der Waals surface area contributed by atoms with Crippen molar-refractivity contribution in [2.75, 3.05) is 0 Å². The fourth-order valence-corrected chi connectivity index (χ4v) is 6.90. The summed E-state index contributed by atoms with van der Waals surface area (Å²) in [5.74, 6) is 0. The van der Waals surface area contributed by atoms with Gasteiger partial charge in [-0.2, -0.15) is 0 Å². The van der Waals surface area contributed by atoms with Gasteiger partial charge in [0.25, 0.3) is 0 Å². The average Bonchev–Trinajstić information content (AvgIpc) is 1.50. The largest absolute Gasteiger partial charge is 0.309 e. The van der Waals surface area contributed by atoms with E-state index in [1.54, 1.807) is 0 Å². The maximum atomic E-state index is 10.3. The number of fused-ring (bicyclic) bond motifs is 9. The van der Waals surface area contributed by atoms with Crippen LogP contribution in [0.2, 0.25) is 0 Å². The fraction of sp³-hybridized carbons (Fsp3) is 0. The second-order valence-corrected chi connectivity index (χ2v) is 12.3. The maximum absolute atomic E-state index is 10.3. The lowest BCUT2D eigenvalue weighted by Crippen LogP contribution is -2.01. The van der Waals surface area contributed by atoms with Crippen LogP contribution in [0, 0.1) is 0 Å². The van der Waals surface area contributed by atoms with Crippen LogP contribution in [0.4, 0.5) is 0 Å². The van der Waals surface area contributed by atoms with Gasteiger partial charge in [-0.15, -0.1) is 0 Å². The van der Waals surface area contributed by atoms with Gasteiger partial charge in [0.15, 0.2) is 0 Å². The second-order valence-electron chi connectivity index (χ2n) is 12.3. The van der Waals surface area contributed by atoms with Gasteiger partial charge in [-0.05, 0) is 76.6 Å². The van der Waals surface area contributed by atoms with Crippen molar-refractivity contribution in [2.45, 2.75) is 0 Å². The van der Waals surface area contributed by atoms with E-state index in [1.807, 2.05) is 0 Å². The first-order chi connectivity index (χ1) is 42.9. The minimum Gasteiger partial charge on any atom is -0.309 e. The number of para-hydroxylation sites is 5. The first-order valence-corrected chi connectivity index (χ1v) is 16.8. The zero-order valence-electron chi connectivity index (χ0n) is 63.3. The van der Waals surface area contributed by atoms with Gasteiger partial charge in [0.1, 0.15) is 0 Å². The van der Waals surface area contributed by atoms with E-state index < -0.39 is 316 Å². The quantitative estimate of drug-likeness (QED) is 0.166. The molecule has 0 aliphatic heterocycles. The predicted molar refractivity (Wildman–Crippen MR) is 240 cm³/mol. The van der Waals surface area contributed by atoms with Crippen molar-refractivity contribution in [2.24, 2.45) is 0 Å². The van der Waals surface area contributed by atoms with Crippen LogP contribution in [-0.2, 0) is 0 Å².